The molecule has 0 spiro atoms. The van der Waals surface area contributed by atoms with Crippen LogP contribution in [0.5, 0.6) is 0 Å². The maximum Gasteiger partial charge on any atom is 0.311 e. The molecule has 3 saturated heterocycles. The lowest BCUT2D eigenvalue weighted by atomic mass is 9.74. The Hall–Kier alpha value is -3.20. The van der Waals surface area contributed by atoms with Gasteiger partial charge in [-0.05, 0) is 85.8 Å². The number of hydrogen-bond acceptors (Lipinski definition) is 16. The number of aryl methyl sites for hydroxylation is 1. The average molecular weight is 932 g/mol. The van der Waals surface area contributed by atoms with Crippen LogP contribution in [0, 0.1) is 23.7 Å². The summed E-state index contributed by atoms with van der Waals surface area (Å²) >= 11 is 0. The highest BCUT2D eigenvalue weighted by molar-refractivity contribution is 5.85. The van der Waals surface area contributed by atoms with Crippen LogP contribution in [0.1, 0.15) is 100.0 Å². The van der Waals surface area contributed by atoms with Crippen molar-refractivity contribution in [2.24, 2.45) is 23.7 Å². The van der Waals surface area contributed by atoms with Crippen molar-refractivity contribution in [2.45, 2.75) is 185 Å². The monoisotopic (exact) mass is 932 g/mol. The Kier molecular flexibility index (Phi) is 18.0. The molecule has 372 valence electrons. The number of nitrogens with zero attached hydrogens (tertiary/aromatic N) is 2. The molecule has 1 amide bonds. The van der Waals surface area contributed by atoms with E-state index in [-0.39, 0.29) is 50.3 Å². The molecule has 0 bridgehead atoms. The lowest BCUT2D eigenvalue weighted by molar-refractivity contribution is -0.318. The van der Waals surface area contributed by atoms with Gasteiger partial charge in [-0.25, -0.2) is 0 Å². The van der Waals surface area contributed by atoms with Crippen LogP contribution in [0.3, 0.4) is 0 Å². The minimum Gasteiger partial charge on any atom is -0.459 e. The van der Waals surface area contributed by atoms with Crippen molar-refractivity contribution in [3.63, 3.8) is 0 Å². The first-order valence-corrected chi connectivity index (χ1v) is 23.5. The Morgan fingerprint density at radius 2 is 1.61 bits per heavy atom. The second-order valence-electron chi connectivity index (χ2n) is 20.2. The first kappa shape index (κ1) is 53.8. The van der Waals surface area contributed by atoms with Gasteiger partial charge in [0.1, 0.15) is 29.7 Å². The number of hydrogen-bond donors (Lipinski definition) is 6. The number of aliphatic hydroxyl groups excluding tert-OH is 3. The van der Waals surface area contributed by atoms with Gasteiger partial charge in [0, 0.05) is 74.5 Å². The molecule has 14 unspecified atom stereocenters. The van der Waals surface area contributed by atoms with Gasteiger partial charge in [0.25, 0.3) is 0 Å². The number of aromatic nitrogens is 1. The van der Waals surface area contributed by atoms with Gasteiger partial charge in [0.2, 0.25) is 5.91 Å². The standard InChI is InChI=1S/C49H77N3O14/c1-26-22-47(7,59)44(66-46-40(55)35(52(10)11)21-27(2)62-46)29(4)41(65-38-23-48(8,61-12)43(57)31(6)63-38)30(5)45(58)64-36(49(9,60)42(56)28(3)39(26)54)19-20-51-37(53)18-17-33-25-50-24-32-15-13-14-16-34(32)33/h13-16,24-31,35-36,38,40-44,46,55-57,59-60H,17-23H2,1-12H3,(H,51,53)/t26-,27?,28+,29+,30?,31?,35?,36-,38?,40?,41?,42?,43?,44?,46?,47?,48?,49?/m1/s1. The smallest absolute Gasteiger partial charge is 0.311 e. The number of carbonyl (C=O) groups excluding carboxylic acids is 3. The number of pyridine rings is 1. The molecule has 2 aromatic rings. The van der Waals surface area contributed by atoms with E-state index >= 15 is 0 Å². The Labute approximate surface area is 389 Å². The fourth-order valence-electron chi connectivity index (χ4n) is 10.3. The molecular weight excluding hydrogens is 855 g/mol. The number of aliphatic hydroxyl groups is 5. The minimum atomic E-state index is -2.21. The predicted molar refractivity (Wildman–Crippen MR) is 244 cm³/mol. The van der Waals surface area contributed by atoms with Crippen molar-refractivity contribution >= 4 is 28.4 Å². The maximum absolute atomic E-state index is 14.7. The normalized spacial score (nSPS) is 41.0. The van der Waals surface area contributed by atoms with Crippen LogP contribution in [-0.4, -0.2) is 165 Å². The van der Waals surface area contributed by atoms with Crippen molar-refractivity contribution in [3.8, 4) is 0 Å². The molecule has 5 rings (SSSR count). The third-order valence-electron chi connectivity index (χ3n) is 14.6. The largest absolute Gasteiger partial charge is 0.459 e. The van der Waals surface area contributed by atoms with Crippen molar-refractivity contribution < 1.29 is 68.3 Å². The van der Waals surface area contributed by atoms with Gasteiger partial charge < -0.3 is 64.2 Å². The number of ketones is 1. The summed E-state index contributed by atoms with van der Waals surface area (Å²) in [7, 11) is 5.14. The average Bonchev–Trinajstić information content (AvgIpc) is 3.26. The number of ether oxygens (including phenoxy) is 6. The molecule has 4 heterocycles. The SMILES string of the molecule is COC1(C)CC(OC2C(C)C(=O)O[C@H](CCNC(=O)CCc3cncc4ccccc34)C(C)(O)C(O)[C@@H](C)C(=O)[C@H](C)CC(C)(O)C(OC3OC(C)CC(N(C)C)C3O)[C@H]2C)OC(C)C1O. The summed E-state index contributed by atoms with van der Waals surface area (Å²) in [6.07, 6.45) is -7.03. The quantitative estimate of drug-likeness (QED) is 0.168. The molecule has 6 N–H and O–H groups in total. The van der Waals surface area contributed by atoms with E-state index in [2.05, 4.69) is 10.3 Å². The van der Waals surface area contributed by atoms with Crippen LogP contribution in [0.4, 0.5) is 0 Å². The number of esters is 1. The lowest BCUT2D eigenvalue weighted by Gasteiger charge is -2.49. The molecule has 17 heteroatoms. The number of likely N-dealkylation sites (N-methyl/N-ethyl adjacent to an activating group) is 1. The van der Waals surface area contributed by atoms with E-state index in [0.717, 1.165) is 16.3 Å². The fourth-order valence-corrected chi connectivity index (χ4v) is 10.3. The van der Waals surface area contributed by atoms with Gasteiger partial charge in [-0.1, -0.05) is 45.0 Å². The van der Waals surface area contributed by atoms with Crippen LogP contribution in [0.2, 0.25) is 0 Å². The predicted octanol–water partition coefficient (Wildman–Crippen LogP) is 3.06. The summed E-state index contributed by atoms with van der Waals surface area (Å²) in [6, 6.07) is 7.39. The minimum absolute atomic E-state index is 0.0397. The summed E-state index contributed by atoms with van der Waals surface area (Å²) in [6.45, 7) is 14.3. The Bertz CT molecular complexity index is 1940. The molecule has 0 aliphatic carbocycles. The summed E-state index contributed by atoms with van der Waals surface area (Å²) in [5.74, 6) is -5.88. The second kappa shape index (κ2) is 22.0. The molecule has 0 saturated carbocycles. The van der Waals surface area contributed by atoms with E-state index < -0.39 is 108 Å². The van der Waals surface area contributed by atoms with E-state index in [1.165, 1.54) is 27.9 Å². The van der Waals surface area contributed by atoms with E-state index in [9.17, 15) is 39.9 Å². The third kappa shape index (κ3) is 12.1. The number of amides is 1. The highest BCUT2D eigenvalue weighted by atomic mass is 16.7. The third-order valence-corrected chi connectivity index (χ3v) is 14.6. The first-order valence-electron chi connectivity index (χ1n) is 23.5. The zero-order valence-electron chi connectivity index (χ0n) is 40.9. The molecule has 3 aliphatic heterocycles. The van der Waals surface area contributed by atoms with Gasteiger partial charge in [-0.2, -0.15) is 0 Å². The van der Waals surface area contributed by atoms with E-state index in [4.69, 9.17) is 28.4 Å². The highest BCUT2D eigenvalue weighted by Gasteiger charge is 2.53. The molecule has 17 nitrogen and oxygen atoms in total. The van der Waals surface area contributed by atoms with E-state index in [1.807, 2.05) is 50.2 Å². The maximum atomic E-state index is 14.7. The van der Waals surface area contributed by atoms with Gasteiger partial charge in [-0.15, -0.1) is 0 Å². The van der Waals surface area contributed by atoms with Gasteiger partial charge >= 0.3 is 5.97 Å². The molecule has 1 aromatic carbocycles. The molecule has 66 heavy (non-hydrogen) atoms. The highest BCUT2D eigenvalue weighted by Crippen LogP contribution is 2.41. The number of fused-ring (bicyclic) bond motifs is 1. The van der Waals surface area contributed by atoms with Crippen LogP contribution < -0.4 is 5.32 Å². The number of Topliss-reactive ketones (excluding diaryl/α,β-unsaturated/α-hetero) is 1. The number of methoxy groups -OCH3 is 1. The van der Waals surface area contributed by atoms with Crippen molar-refractivity contribution in [2.75, 3.05) is 27.7 Å². The Morgan fingerprint density at radius 1 is 0.924 bits per heavy atom. The van der Waals surface area contributed by atoms with Crippen LogP contribution in [-0.2, 0) is 49.2 Å². The summed E-state index contributed by atoms with van der Waals surface area (Å²) in [4.78, 5) is 48.3. The zero-order valence-corrected chi connectivity index (χ0v) is 40.9. The van der Waals surface area contributed by atoms with Crippen LogP contribution in [0.15, 0.2) is 36.7 Å². The zero-order chi connectivity index (χ0) is 49.1. The topological polar surface area (TPSA) is 236 Å². The second-order valence-corrected chi connectivity index (χ2v) is 20.2. The first-order chi connectivity index (χ1) is 30.8. The van der Waals surface area contributed by atoms with Crippen LogP contribution in [0.25, 0.3) is 10.8 Å². The number of cyclic esters (lactones) is 1. The molecule has 0 radical (unpaired) electrons. The molecule has 1 aromatic heterocycles. The molecule has 18 atom stereocenters. The Balaban J connectivity index is 1.49. The van der Waals surface area contributed by atoms with Gasteiger partial charge in [0.15, 0.2) is 12.6 Å². The number of carbonyl (C=O) groups is 3. The lowest BCUT2D eigenvalue weighted by Crippen LogP contribution is -2.61. The summed E-state index contributed by atoms with van der Waals surface area (Å²) in [5, 5.41) is 64.0. The number of benzene rings is 1. The molecule has 3 aliphatic rings. The van der Waals surface area contributed by atoms with Crippen molar-refractivity contribution in [3.05, 3.63) is 42.2 Å². The van der Waals surface area contributed by atoms with E-state index in [1.54, 1.807) is 47.0 Å². The summed E-state index contributed by atoms with van der Waals surface area (Å²) in [5.41, 5.74) is -4.28. The Morgan fingerprint density at radius 3 is 2.27 bits per heavy atom. The summed E-state index contributed by atoms with van der Waals surface area (Å²) < 4.78 is 37.7. The fraction of sp³-hybridized carbons (Fsp3) is 0.755. The van der Waals surface area contributed by atoms with Crippen molar-refractivity contribution in [1.82, 2.24) is 15.2 Å². The van der Waals surface area contributed by atoms with Gasteiger partial charge in [-0.3, -0.25) is 19.4 Å². The van der Waals surface area contributed by atoms with Gasteiger partial charge in [0.05, 0.1) is 47.6 Å². The number of rotatable bonds is 12. The number of nitrogens with one attached hydrogen (secondary N) is 1. The van der Waals surface area contributed by atoms with Crippen molar-refractivity contribution in [1.29, 1.82) is 0 Å². The van der Waals surface area contributed by atoms with E-state index in [0.29, 0.717) is 12.8 Å². The molecule has 3 fully saturated rings. The van der Waals surface area contributed by atoms with Crippen LogP contribution >= 0.6 is 0 Å². The molecular formula is C49H77N3O14.